The van der Waals surface area contributed by atoms with Gasteiger partial charge in [-0.1, -0.05) is 18.2 Å². The van der Waals surface area contributed by atoms with Crippen LogP contribution in [-0.4, -0.2) is 12.4 Å². The second kappa shape index (κ2) is 7.43. The van der Waals surface area contributed by atoms with Crippen molar-refractivity contribution in [2.24, 2.45) is 5.90 Å². The lowest BCUT2D eigenvalue weighted by Gasteiger charge is -1.98. The lowest BCUT2D eigenvalue weighted by molar-refractivity contribution is 0.155. The quantitative estimate of drug-likeness (QED) is 0.465. The highest BCUT2D eigenvalue weighted by atomic mass is 35.5. The zero-order valence-corrected chi connectivity index (χ0v) is 8.24. The van der Waals surface area contributed by atoms with Crippen LogP contribution in [0.5, 0.6) is 0 Å². The van der Waals surface area contributed by atoms with E-state index in [9.17, 15) is 0 Å². The smallest absolute Gasteiger partial charge is 0.0773 e. The van der Waals surface area contributed by atoms with Crippen molar-refractivity contribution in [2.45, 2.75) is 4.90 Å². The van der Waals surface area contributed by atoms with Crippen LogP contribution in [0.1, 0.15) is 0 Å². The second-order valence-corrected chi connectivity index (χ2v) is 3.20. The first-order valence-electron chi connectivity index (χ1n) is 3.43. The molecule has 0 fully saturated rings. The van der Waals surface area contributed by atoms with E-state index in [1.807, 2.05) is 18.2 Å². The average Bonchev–Trinajstić information content (AvgIpc) is 2.07. The van der Waals surface area contributed by atoms with Gasteiger partial charge in [-0.25, -0.2) is 5.90 Å². The monoisotopic (exact) mass is 205 g/mol. The van der Waals surface area contributed by atoms with E-state index in [1.54, 1.807) is 11.8 Å². The van der Waals surface area contributed by atoms with Crippen molar-refractivity contribution in [2.75, 3.05) is 12.4 Å². The van der Waals surface area contributed by atoms with Crippen molar-refractivity contribution in [3.05, 3.63) is 30.3 Å². The largest absolute Gasteiger partial charge is 0.304 e. The lowest BCUT2D eigenvalue weighted by atomic mass is 10.4. The molecule has 0 saturated heterocycles. The fourth-order valence-electron chi connectivity index (χ4n) is 0.724. The van der Waals surface area contributed by atoms with Crippen LogP contribution in [0, 0.1) is 0 Å². The van der Waals surface area contributed by atoms with Crippen molar-refractivity contribution >= 4 is 24.2 Å². The zero-order valence-electron chi connectivity index (χ0n) is 6.60. The molecular weight excluding hydrogens is 194 g/mol. The molecule has 68 valence electrons. The predicted molar refractivity (Wildman–Crippen MR) is 54.6 cm³/mol. The Morgan fingerprint density at radius 2 is 1.92 bits per heavy atom. The van der Waals surface area contributed by atoms with Crippen LogP contribution in [0.4, 0.5) is 0 Å². The van der Waals surface area contributed by atoms with Crippen LogP contribution in [-0.2, 0) is 4.84 Å². The molecule has 2 nitrogen and oxygen atoms in total. The molecule has 4 heteroatoms. The van der Waals surface area contributed by atoms with Crippen LogP contribution >= 0.6 is 24.2 Å². The highest BCUT2D eigenvalue weighted by molar-refractivity contribution is 7.99. The molecular formula is C8H12ClNOS. The van der Waals surface area contributed by atoms with Gasteiger partial charge in [0.05, 0.1) is 6.61 Å². The van der Waals surface area contributed by atoms with Gasteiger partial charge in [0.1, 0.15) is 0 Å². The molecule has 0 atom stereocenters. The molecule has 0 radical (unpaired) electrons. The first kappa shape index (κ1) is 11.8. The van der Waals surface area contributed by atoms with Crippen LogP contribution in [0.3, 0.4) is 0 Å². The molecule has 2 N–H and O–H groups in total. The lowest BCUT2D eigenvalue weighted by Crippen LogP contribution is -2.02. The minimum atomic E-state index is 0. The normalized spacial score (nSPS) is 9.08. The number of thioether (sulfide) groups is 1. The van der Waals surface area contributed by atoms with Crippen molar-refractivity contribution in [3.8, 4) is 0 Å². The minimum absolute atomic E-state index is 0. The molecule has 0 aromatic heterocycles. The summed E-state index contributed by atoms with van der Waals surface area (Å²) in [7, 11) is 0. The first-order valence-corrected chi connectivity index (χ1v) is 4.41. The van der Waals surface area contributed by atoms with Gasteiger partial charge in [-0.15, -0.1) is 24.2 Å². The number of benzene rings is 1. The van der Waals surface area contributed by atoms with E-state index in [-0.39, 0.29) is 12.4 Å². The third-order valence-electron chi connectivity index (χ3n) is 1.21. The summed E-state index contributed by atoms with van der Waals surface area (Å²) in [6, 6.07) is 10.2. The molecule has 0 heterocycles. The Morgan fingerprint density at radius 3 is 2.50 bits per heavy atom. The van der Waals surface area contributed by atoms with Gasteiger partial charge in [-0.05, 0) is 12.1 Å². The molecule has 12 heavy (non-hydrogen) atoms. The van der Waals surface area contributed by atoms with Crippen molar-refractivity contribution in [1.29, 1.82) is 0 Å². The van der Waals surface area contributed by atoms with Crippen molar-refractivity contribution in [3.63, 3.8) is 0 Å². The Labute approximate surface area is 82.8 Å². The fourth-order valence-corrected chi connectivity index (χ4v) is 1.49. The number of rotatable bonds is 4. The van der Waals surface area contributed by atoms with Gasteiger partial charge in [-0.3, -0.25) is 0 Å². The summed E-state index contributed by atoms with van der Waals surface area (Å²) in [5.74, 6) is 5.78. The van der Waals surface area contributed by atoms with Crippen LogP contribution in [0.15, 0.2) is 35.2 Å². The maximum atomic E-state index is 4.88. The number of nitrogens with two attached hydrogens (primary N) is 1. The van der Waals surface area contributed by atoms with Gasteiger partial charge in [0.2, 0.25) is 0 Å². The Balaban J connectivity index is 0.00000121. The molecule has 1 aromatic carbocycles. The Morgan fingerprint density at radius 1 is 1.25 bits per heavy atom. The van der Waals surface area contributed by atoms with Gasteiger partial charge in [-0.2, -0.15) is 0 Å². The topological polar surface area (TPSA) is 35.2 Å². The molecule has 1 aromatic rings. The van der Waals surface area contributed by atoms with E-state index in [0.717, 1.165) is 5.75 Å². The van der Waals surface area contributed by atoms with Gasteiger partial charge < -0.3 is 4.84 Å². The van der Waals surface area contributed by atoms with Gasteiger partial charge in [0.15, 0.2) is 0 Å². The number of hydrogen-bond acceptors (Lipinski definition) is 3. The van der Waals surface area contributed by atoms with E-state index < -0.39 is 0 Å². The summed E-state index contributed by atoms with van der Waals surface area (Å²) in [5, 5.41) is 0. The highest BCUT2D eigenvalue weighted by Crippen LogP contribution is 2.15. The standard InChI is InChI=1S/C8H11NOS.ClH/c9-10-6-7-11-8-4-2-1-3-5-8;/h1-5H,6-7,9H2;1H. The van der Waals surface area contributed by atoms with E-state index in [0.29, 0.717) is 6.61 Å². The van der Waals surface area contributed by atoms with Gasteiger partial charge in [0.25, 0.3) is 0 Å². The number of hydrogen-bond donors (Lipinski definition) is 1. The molecule has 0 bridgehead atoms. The highest BCUT2D eigenvalue weighted by Gasteiger charge is 1.90. The summed E-state index contributed by atoms with van der Waals surface area (Å²) >= 11 is 1.74. The molecule has 0 aliphatic carbocycles. The molecule has 0 spiro atoms. The molecule has 0 saturated carbocycles. The number of halogens is 1. The second-order valence-electron chi connectivity index (χ2n) is 2.03. The molecule has 0 aliphatic rings. The fraction of sp³-hybridized carbons (Fsp3) is 0.250. The van der Waals surface area contributed by atoms with E-state index in [2.05, 4.69) is 17.0 Å². The maximum absolute atomic E-state index is 4.88. The third-order valence-corrected chi connectivity index (χ3v) is 2.19. The van der Waals surface area contributed by atoms with Gasteiger partial charge >= 0.3 is 0 Å². The molecule has 0 aliphatic heterocycles. The summed E-state index contributed by atoms with van der Waals surface area (Å²) in [6.45, 7) is 0.597. The van der Waals surface area contributed by atoms with Crippen LogP contribution < -0.4 is 5.90 Å². The Bertz CT molecular complexity index is 196. The van der Waals surface area contributed by atoms with Crippen molar-refractivity contribution < 1.29 is 4.84 Å². The molecule has 0 unspecified atom stereocenters. The van der Waals surface area contributed by atoms with Crippen molar-refractivity contribution in [1.82, 2.24) is 0 Å². The van der Waals surface area contributed by atoms with Crippen LogP contribution in [0.25, 0.3) is 0 Å². The van der Waals surface area contributed by atoms with Gasteiger partial charge in [0, 0.05) is 10.6 Å². The van der Waals surface area contributed by atoms with E-state index in [1.165, 1.54) is 4.90 Å². The van der Waals surface area contributed by atoms with E-state index in [4.69, 9.17) is 5.90 Å². The predicted octanol–water partition coefficient (Wildman–Crippen LogP) is 2.09. The Kier molecular flexibility index (Phi) is 7.29. The average molecular weight is 206 g/mol. The Hall–Kier alpha value is -0.220. The minimum Gasteiger partial charge on any atom is -0.304 e. The summed E-state index contributed by atoms with van der Waals surface area (Å²) in [6.07, 6.45) is 0. The zero-order chi connectivity index (χ0) is 7.94. The first-order chi connectivity index (χ1) is 5.43. The SMILES string of the molecule is Cl.NOCCSc1ccccc1. The summed E-state index contributed by atoms with van der Waals surface area (Å²) in [4.78, 5) is 5.70. The maximum Gasteiger partial charge on any atom is 0.0773 e. The third kappa shape index (κ3) is 4.62. The molecule has 1 rings (SSSR count). The van der Waals surface area contributed by atoms with E-state index >= 15 is 0 Å². The van der Waals surface area contributed by atoms with Crippen LogP contribution in [0.2, 0.25) is 0 Å². The summed E-state index contributed by atoms with van der Waals surface area (Å²) < 4.78 is 0. The molecule has 0 amide bonds. The summed E-state index contributed by atoms with van der Waals surface area (Å²) in [5.41, 5.74) is 0.